The first-order valence-electron chi connectivity index (χ1n) is 13.7. The van der Waals surface area contributed by atoms with Crippen LogP contribution in [0.15, 0.2) is 64.6 Å². The van der Waals surface area contributed by atoms with Crippen molar-refractivity contribution < 1.29 is 14.4 Å². The number of carbonyl (C=O) groups excluding carboxylic acids is 3. The first-order chi connectivity index (χ1) is 19.9. The first-order valence-corrected chi connectivity index (χ1v) is 14.9. The lowest BCUT2D eigenvalue weighted by Crippen LogP contribution is -2.55. The zero-order valence-electron chi connectivity index (χ0n) is 22.3. The Morgan fingerprint density at radius 1 is 1.12 bits per heavy atom. The van der Waals surface area contributed by atoms with Gasteiger partial charge >= 0.3 is 0 Å². The topological polar surface area (TPSA) is 107 Å². The molecule has 2 saturated heterocycles. The summed E-state index contributed by atoms with van der Waals surface area (Å²) in [4.78, 5) is 51.7. The first kappa shape index (κ1) is 27.4. The normalized spacial score (nSPS) is 20.1. The molecule has 1 aromatic heterocycles. The molecule has 3 aliphatic rings. The number of amidine groups is 1. The number of hydrogen-bond acceptors (Lipinski definition) is 7. The average molecular weight is 589 g/mol. The number of hydrogen-bond donors (Lipinski definition) is 2. The van der Waals surface area contributed by atoms with E-state index in [9.17, 15) is 14.4 Å². The molecule has 0 spiro atoms. The lowest BCUT2D eigenvalue weighted by atomic mass is 10.1. The van der Waals surface area contributed by atoms with Crippen LogP contribution in [0.5, 0.6) is 0 Å². The van der Waals surface area contributed by atoms with Crippen molar-refractivity contribution in [2.75, 3.05) is 38.0 Å². The Labute approximate surface area is 247 Å². The van der Waals surface area contributed by atoms with Gasteiger partial charge in [0, 0.05) is 56.3 Å². The number of benzene rings is 2. The van der Waals surface area contributed by atoms with Gasteiger partial charge in [-0.1, -0.05) is 23.7 Å². The van der Waals surface area contributed by atoms with Crippen molar-refractivity contribution in [3.63, 3.8) is 0 Å². The van der Waals surface area contributed by atoms with Crippen LogP contribution in [-0.2, 0) is 9.59 Å². The summed E-state index contributed by atoms with van der Waals surface area (Å²) in [6.45, 7) is 3.33. The molecule has 1 unspecified atom stereocenters. The minimum atomic E-state index is -0.349. The van der Waals surface area contributed by atoms with Crippen molar-refractivity contribution in [1.82, 2.24) is 20.1 Å². The smallest absolute Gasteiger partial charge is 0.286 e. The molecule has 11 heteroatoms. The van der Waals surface area contributed by atoms with Crippen molar-refractivity contribution in [3.05, 3.63) is 75.8 Å². The third kappa shape index (κ3) is 6.14. The molecule has 2 aromatic carbocycles. The third-order valence-corrected chi connectivity index (χ3v) is 8.71. The molecule has 2 fully saturated rings. The second kappa shape index (κ2) is 12.0. The Morgan fingerprint density at radius 2 is 1.98 bits per heavy atom. The van der Waals surface area contributed by atoms with Crippen LogP contribution >= 0.6 is 23.4 Å². The Bertz CT molecular complexity index is 1590. The molecule has 0 bridgehead atoms. The molecule has 4 heterocycles. The van der Waals surface area contributed by atoms with Gasteiger partial charge in [-0.05, 0) is 72.6 Å². The average Bonchev–Trinajstić information content (AvgIpc) is 3.64. The van der Waals surface area contributed by atoms with E-state index in [4.69, 9.17) is 11.6 Å². The summed E-state index contributed by atoms with van der Waals surface area (Å²) < 4.78 is 0. The van der Waals surface area contributed by atoms with Crippen molar-refractivity contribution in [3.8, 4) is 0 Å². The molecule has 0 radical (unpaired) electrons. The number of aliphatic imine (C=N–C) groups is 1. The van der Waals surface area contributed by atoms with E-state index < -0.39 is 0 Å². The van der Waals surface area contributed by atoms with Crippen LogP contribution in [-0.4, -0.2) is 76.4 Å². The highest BCUT2D eigenvalue weighted by atomic mass is 35.5. The van der Waals surface area contributed by atoms with Crippen LogP contribution < -0.4 is 10.6 Å². The Balaban J connectivity index is 1.15. The summed E-state index contributed by atoms with van der Waals surface area (Å²) in [7, 11) is 0. The lowest BCUT2D eigenvalue weighted by molar-refractivity contribution is -0.131. The fourth-order valence-electron chi connectivity index (χ4n) is 5.34. The molecular weight excluding hydrogens is 560 g/mol. The number of likely N-dealkylation sites (tertiary alicyclic amines) is 1. The Hall–Kier alpha value is -3.73. The second-order valence-corrected chi connectivity index (χ2v) is 11.7. The predicted molar refractivity (Wildman–Crippen MR) is 163 cm³/mol. The molecule has 0 saturated carbocycles. The predicted octanol–water partition coefficient (Wildman–Crippen LogP) is 4.40. The minimum absolute atomic E-state index is 0.0950. The molecule has 3 aliphatic heterocycles. The van der Waals surface area contributed by atoms with Gasteiger partial charge in [0.25, 0.3) is 11.8 Å². The Morgan fingerprint density at radius 3 is 2.83 bits per heavy atom. The Kier molecular flexibility index (Phi) is 8.04. The molecular formula is C30H29ClN6O3S. The molecule has 3 aromatic rings. The van der Waals surface area contributed by atoms with Gasteiger partial charge in [-0.3, -0.25) is 19.4 Å². The summed E-state index contributed by atoms with van der Waals surface area (Å²) in [6.07, 6.45) is 5.91. The van der Waals surface area contributed by atoms with E-state index in [1.165, 1.54) is 11.8 Å². The highest BCUT2D eigenvalue weighted by Gasteiger charge is 2.31. The summed E-state index contributed by atoms with van der Waals surface area (Å²) in [5.41, 5.74) is 2.69. The number of aromatic nitrogens is 1. The zero-order chi connectivity index (χ0) is 28.3. The maximum absolute atomic E-state index is 13.6. The SMILES string of the molecule is O=C1N=C(Nc2cc(C(=O)N3CCNCC3CC(=O)N3CCCC3)ccc2Cl)SC1=Cc1ccc2ncccc2c1. The number of nitrogens with zero attached hydrogens (tertiary/aromatic N) is 4. The van der Waals surface area contributed by atoms with Gasteiger partial charge in [0.05, 0.1) is 27.2 Å². The van der Waals surface area contributed by atoms with Gasteiger partial charge in [0.2, 0.25) is 5.91 Å². The standard InChI is InChI=1S/C30H29ClN6O3S/c31-23-7-6-21(29(40)37-13-10-32-18-22(37)17-27(38)36-11-1-2-12-36)16-25(23)34-30-35-28(39)26(41-30)15-19-5-8-24-20(14-19)4-3-9-33-24/h3-9,14-16,22,32H,1-2,10-13,17-18H2,(H,34,35,39). The van der Waals surface area contributed by atoms with E-state index in [0.717, 1.165) is 42.4 Å². The van der Waals surface area contributed by atoms with Gasteiger partial charge < -0.3 is 20.4 Å². The number of rotatable bonds is 5. The van der Waals surface area contributed by atoms with E-state index in [0.29, 0.717) is 52.4 Å². The number of carbonyl (C=O) groups is 3. The molecule has 6 rings (SSSR count). The summed E-state index contributed by atoms with van der Waals surface area (Å²) in [5, 5.41) is 8.21. The van der Waals surface area contributed by atoms with Crippen molar-refractivity contribution in [2.45, 2.75) is 25.3 Å². The molecule has 9 nitrogen and oxygen atoms in total. The number of amides is 3. The summed E-state index contributed by atoms with van der Waals surface area (Å²) in [5.74, 6) is -0.412. The number of anilines is 1. The third-order valence-electron chi connectivity index (χ3n) is 7.48. The maximum Gasteiger partial charge on any atom is 0.286 e. The van der Waals surface area contributed by atoms with Crippen LogP contribution in [0.4, 0.5) is 5.69 Å². The van der Waals surface area contributed by atoms with E-state index in [-0.39, 0.29) is 23.8 Å². The number of fused-ring (bicyclic) bond motifs is 1. The quantitative estimate of drug-likeness (QED) is 0.426. The van der Waals surface area contributed by atoms with Crippen molar-refractivity contribution in [1.29, 1.82) is 0 Å². The van der Waals surface area contributed by atoms with Gasteiger partial charge in [-0.2, -0.15) is 4.99 Å². The fraction of sp³-hybridized carbons (Fsp3) is 0.300. The molecule has 1 atom stereocenters. The van der Waals surface area contributed by atoms with E-state index in [2.05, 4.69) is 20.6 Å². The van der Waals surface area contributed by atoms with Crippen LogP contribution in [0.1, 0.15) is 35.2 Å². The molecule has 210 valence electrons. The maximum atomic E-state index is 13.6. The van der Waals surface area contributed by atoms with Gasteiger partial charge in [-0.15, -0.1) is 0 Å². The monoisotopic (exact) mass is 588 g/mol. The van der Waals surface area contributed by atoms with Crippen LogP contribution in [0.25, 0.3) is 17.0 Å². The lowest BCUT2D eigenvalue weighted by Gasteiger charge is -2.36. The number of halogens is 1. The van der Waals surface area contributed by atoms with Gasteiger partial charge in [0.1, 0.15) is 0 Å². The molecule has 2 N–H and O–H groups in total. The number of piperazine rings is 1. The molecule has 3 amide bonds. The van der Waals surface area contributed by atoms with Crippen LogP contribution in [0, 0.1) is 0 Å². The number of nitrogens with one attached hydrogen (secondary N) is 2. The summed E-state index contributed by atoms with van der Waals surface area (Å²) in [6, 6.07) is 14.5. The molecule has 0 aliphatic carbocycles. The van der Waals surface area contributed by atoms with Crippen molar-refractivity contribution >= 4 is 68.9 Å². The number of pyridine rings is 1. The van der Waals surface area contributed by atoms with E-state index in [1.54, 1.807) is 35.4 Å². The highest BCUT2D eigenvalue weighted by Crippen LogP contribution is 2.32. The van der Waals surface area contributed by atoms with Crippen molar-refractivity contribution in [2.24, 2.45) is 4.99 Å². The van der Waals surface area contributed by atoms with Gasteiger partial charge in [0.15, 0.2) is 5.17 Å². The highest BCUT2D eigenvalue weighted by molar-refractivity contribution is 8.18. The zero-order valence-corrected chi connectivity index (χ0v) is 23.9. The number of thioether (sulfide) groups is 1. The molecule has 41 heavy (non-hydrogen) atoms. The van der Waals surface area contributed by atoms with Crippen LogP contribution in [0.3, 0.4) is 0 Å². The van der Waals surface area contributed by atoms with Gasteiger partial charge in [-0.25, -0.2) is 0 Å². The minimum Gasteiger partial charge on any atom is -0.343 e. The summed E-state index contributed by atoms with van der Waals surface area (Å²) >= 11 is 7.69. The largest absolute Gasteiger partial charge is 0.343 e. The fourth-order valence-corrected chi connectivity index (χ4v) is 6.33. The second-order valence-electron chi connectivity index (χ2n) is 10.3. The van der Waals surface area contributed by atoms with E-state index in [1.807, 2.05) is 35.2 Å². The van der Waals surface area contributed by atoms with Crippen LogP contribution in [0.2, 0.25) is 5.02 Å². The van der Waals surface area contributed by atoms with E-state index >= 15 is 0 Å².